The molecular weight excluding hydrogens is 381 g/mol. The minimum Gasteiger partial charge on any atom is -0.353 e. The Labute approximate surface area is 165 Å². The lowest BCUT2D eigenvalue weighted by atomic mass is 10.1. The fourth-order valence-corrected chi connectivity index (χ4v) is 3.23. The van der Waals surface area contributed by atoms with Crippen LogP contribution >= 0.6 is 0 Å². The molecule has 29 heavy (non-hydrogen) atoms. The molecule has 0 amide bonds. The molecule has 0 radical (unpaired) electrons. The first kappa shape index (κ1) is 19.4. The molecule has 3 aromatic rings. The number of rotatable bonds is 5. The van der Waals surface area contributed by atoms with E-state index >= 15 is 0 Å². The van der Waals surface area contributed by atoms with E-state index in [2.05, 4.69) is 30.2 Å². The maximum absolute atomic E-state index is 13.1. The van der Waals surface area contributed by atoms with E-state index < -0.39 is 11.6 Å². The summed E-state index contributed by atoms with van der Waals surface area (Å²) in [5.41, 5.74) is 3.04. The van der Waals surface area contributed by atoms with Gasteiger partial charge in [-0.15, -0.1) is 0 Å². The Morgan fingerprint density at radius 1 is 1.24 bits per heavy atom. The Bertz CT molecular complexity index is 1090. The Morgan fingerprint density at radius 3 is 2.62 bits per heavy atom. The highest BCUT2D eigenvalue weighted by atomic mass is 19.4. The lowest BCUT2D eigenvalue weighted by Gasteiger charge is -2.19. The quantitative estimate of drug-likeness (QED) is 0.575. The van der Waals surface area contributed by atoms with E-state index in [1.807, 2.05) is 32.9 Å². The molecule has 9 heteroatoms. The zero-order valence-electron chi connectivity index (χ0n) is 16.4. The van der Waals surface area contributed by atoms with Crippen molar-refractivity contribution in [2.45, 2.75) is 39.8 Å². The number of hydrogen-bond donors (Lipinski definition) is 2. The van der Waals surface area contributed by atoms with Crippen molar-refractivity contribution in [1.29, 1.82) is 0 Å². The number of halogens is 3. The second kappa shape index (κ2) is 6.82. The van der Waals surface area contributed by atoms with Crippen molar-refractivity contribution in [3.63, 3.8) is 0 Å². The molecule has 0 spiro atoms. The highest BCUT2D eigenvalue weighted by Gasteiger charge is 2.62. The summed E-state index contributed by atoms with van der Waals surface area (Å²) in [5, 5.41) is 3.49. The molecule has 1 aliphatic rings. The average molecular weight is 402 g/mol. The van der Waals surface area contributed by atoms with Crippen LogP contribution in [0.2, 0.25) is 0 Å². The number of H-pyrrole nitrogens is 1. The van der Waals surface area contributed by atoms with Crippen LogP contribution in [0.1, 0.15) is 32.4 Å². The number of pyridine rings is 1. The molecule has 0 saturated heterocycles. The molecule has 0 atom stereocenters. The first-order chi connectivity index (χ1) is 13.7. The first-order valence-electron chi connectivity index (χ1n) is 9.33. The SMILES string of the molecule is CC(C)=Nc1ccc(-c2c[nH]c3nc(NCC4(C(F)(F)F)CC4)ncc23)nc1C. The van der Waals surface area contributed by atoms with Crippen LogP contribution in [0, 0.1) is 12.3 Å². The second-order valence-corrected chi connectivity index (χ2v) is 7.65. The van der Waals surface area contributed by atoms with Gasteiger partial charge in [-0.2, -0.15) is 18.2 Å². The van der Waals surface area contributed by atoms with E-state index in [1.165, 1.54) is 0 Å². The molecule has 1 saturated carbocycles. The summed E-state index contributed by atoms with van der Waals surface area (Å²) in [6, 6.07) is 3.79. The van der Waals surface area contributed by atoms with Gasteiger partial charge in [-0.05, 0) is 45.7 Å². The number of aromatic nitrogens is 4. The number of aromatic amines is 1. The molecule has 6 nitrogen and oxygen atoms in total. The largest absolute Gasteiger partial charge is 0.396 e. The maximum Gasteiger partial charge on any atom is 0.396 e. The topological polar surface area (TPSA) is 78.9 Å². The van der Waals surface area contributed by atoms with Crippen LogP contribution in [0.15, 0.2) is 29.5 Å². The molecule has 3 aromatic heterocycles. The molecule has 0 aliphatic heterocycles. The number of aliphatic imine (C=N–C) groups is 1. The Hall–Kier alpha value is -2.97. The van der Waals surface area contributed by atoms with Gasteiger partial charge in [-0.3, -0.25) is 9.98 Å². The summed E-state index contributed by atoms with van der Waals surface area (Å²) >= 11 is 0. The number of aryl methyl sites for hydroxylation is 1. The van der Waals surface area contributed by atoms with Crippen LogP contribution in [-0.4, -0.2) is 38.4 Å². The van der Waals surface area contributed by atoms with Crippen molar-refractivity contribution in [1.82, 2.24) is 19.9 Å². The minimum absolute atomic E-state index is 0.140. The fourth-order valence-electron chi connectivity index (χ4n) is 3.23. The van der Waals surface area contributed by atoms with Crippen LogP contribution < -0.4 is 5.32 Å². The molecule has 3 heterocycles. The van der Waals surface area contributed by atoms with Gasteiger partial charge in [0.25, 0.3) is 0 Å². The monoisotopic (exact) mass is 402 g/mol. The molecule has 0 bridgehead atoms. The van der Waals surface area contributed by atoms with Crippen molar-refractivity contribution in [2.75, 3.05) is 11.9 Å². The van der Waals surface area contributed by atoms with Crippen molar-refractivity contribution in [3.05, 3.63) is 30.2 Å². The third kappa shape index (κ3) is 3.68. The molecule has 0 aromatic carbocycles. The molecule has 1 fully saturated rings. The third-order valence-electron chi connectivity index (χ3n) is 5.15. The Morgan fingerprint density at radius 2 is 2.00 bits per heavy atom. The lowest BCUT2D eigenvalue weighted by Crippen LogP contribution is -2.31. The standard InChI is InChI=1S/C20H21F3N6/c1-11(2)27-15-4-5-16(28-12(15)3)13-8-24-17-14(13)9-25-18(29-17)26-10-19(6-7-19)20(21,22)23/h4-5,8-9H,6-7,10H2,1-3H3,(H2,24,25,26,29). The predicted molar refractivity (Wildman–Crippen MR) is 107 cm³/mol. The lowest BCUT2D eigenvalue weighted by molar-refractivity contribution is -0.182. The summed E-state index contributed by atoms with van der Waals surface area (Å²) in [6.07, 6.45) is -0.554. The summed E-state index contributed by atoms with van der Waals surface area (Å²) < 4.78 is 39.2. The number of alkyl halides is 3. The summed E-state index contributed by atoms with van der Waals surface area (Å²) in [4.78, 5) is 20.6. The zero-order valence-corrected chi connectivity index (χ0v) is 16.4. The zero-order chi connectivity index (χ0) is 20.8. The summed E-state index contributed by atoms with van der Waals surface area (Å²) in [7, 11) is 0. The van der Waals surface area contributed by atoms with E-state index in [0.29, 0.717) is 5.65 Å². The number of anilines is 1. The normalized spacial score (nSPS) is 15.4. The van der Waals surface area contributed by atoms with Gasteiger partial charge in [-0.25, -0.2) is 4.98 Å². The van der Waals surface area contributed by atoms with E-state index in [9.17, 15) is 13.2 Å². The van der Waals surface area contributed by atoms with Crippen LogP contribution in [0.25, 0.3) is 22.3 Å². The fraction of sp³-hybridized carbons (Fsp3) is 0.400. The number of hydrogen-bond acceptors (Lipinski definition) is 5. The van der Waals surface area contributed by atoms with Gasteiger partial charge in [0.15, 0.2) is 0 Å². The van der Waals surface area contributed by atoms with Gasteiger partial charge < -0.3 is 10.3 Å². The second-order valence-electron chi connectivity index (χ2n) is 7.65. The van der Waals surface area contributed by atoms with Crippen LogP contribution in [0.3, 0.4) is 0 Å². The van der Waals surface area contributed by atoms with E-state index in [0.717, 1.165) is 33.7 Å². The summed E-state index contributed by atoms with van der Waals surface area (Å²) in [5.74, 6) is 0.175. The molecule has 0 unspecified atom stereocenters. The minimum atomic E-state index is -4.21. The van der Waals surface area contributed by atoms with Gasteiger partial charge in [0.2, 0.25) is 5.95 Å². The van der Waals surface area contributed by atoms with Crippen molar-refractivity contribution < 1.29 is 13.2 Å². The highest BCUT2D eigenvalue weighted by molar-refractivity contribution is 5.92. The average Bonchev–Trinajstić information content (AvgIpc) is 3.34. The third-order valence-corrected chi connectivity index (χ3v) is 5.15. The van der Waals surface area contributed by atoms with Crippen LogP contribution in [0.4, 0.5) is 24.8 Å². The number of fused-ring (bicyclic) bond motifs is 1. The maximum atomic E-state index is 13.1. The Balaban J connectivity index is 1.58. The van der Waals surface area contributed by atoms with Gasteiger partial charge in [0.05, 0.1) is 22.5 Å². The predicted octanol–water partition coefficient (Wildman–Crippen LogP) is 5.20. The van der Waals surface area contributed by atoms with Crippen molar-refractivity contribution >= 4 is 28.4 Å². The van der Waals surface area contributed by atoms with Gasteiger partial charge in [0.1, 0.15) is 5.65 Å². The molecule has 4 rings (SSSR count). The highest BCUT2D eigenvalue weighted by Crippen LogP contribution is 2.57. The van der Waals surface area contributed by atoms with E-state index in [1.54, 1.807) is 12.4 Å². The van der Waals surface area contributed by atoms with E-state index in [-0.39, 0.29) is 25.3 Å². The molecule has 152 valence electrons. The van der Waals surface area contributed by atoms with E-state index in [4.69, 9.17) is 0 Å². The number of nitrogens with zero attached hydrogens (tertiary/aromatic N) is 4. The molecule has 2 N–H and O–H groups in total. The van der Waals surface area contributed by atoms with Gasteiger partial charge in [-0.1, -0.05) is 0 Å². The van der Waals surface area contributed by atoms with Crippen molar-refractivity contribution in [2.24, 2.45) is 10.4 Å². The molecular formula is C20H21F3N6. The van der Waals surface area contributed by atoms with Gasteiger partial charge in [0, 0.05) is 35.6 Å². The Kier molecular flexibility index (Phi) is 4.55. The number of nitrogens with one attached hydrogen (secondary N) is 2. The van der Waals surface area contributed by atoms with Crippen molar-refractivity contribution in [3.8, 4) is 11.3 Å². The van der Waals surface area contributed by atoms with Crippen LogP contribution in [-0.2, 0) is 0 Å². The first-order valence-corrected chi connectivity index (χ1v) is 9.33. The molecule has 1 aliphatic carbocycles. The van der Waals surface area contributed by atoms with Gasteiger partial charge >= 0.3 is 6.18 Å². The van der Waals surface area contributed by atoms with Crippen LogP contribution in [0.5, 0.6) is 0 Å². The summed E-state index contributed by atoms with van der Waals surface area (Å²) in [6.45, 7) is 5.54. The smallest absolute Gasteiger partial charge is 0.353 e.